The number of nitrogens with two attached hydrogens (primary N) is 1. The number of rotatable bonds is 6. The molecule has 1 saturated carbocycles. The molecule has 82 heavy (non-hydrogen) atoms. The van der Waals surface area contributed by atoms with E-state index in [2.05, 4.69) is 105 Å². The van der Waals surface area contributed by atoms with Crippen LogP contribution in [0.25, 0.3) is 11.1 Å². The van der Waals surface area contributed by atoms with Crippen LogP contribution in [-0.2, 0) is 49.4 Å². The third kappa shape index (κ3) is 12.7. The van der Waals surface area contributed by atoms with E-state index < -0.39 is 0 Å². The molecule has 5 aromatic carbocycles. The maximum atomic E-state index is 7.63. The maximum Gasteiger partial charge on any atom is 0.143 e. The smallest absolute Gasteiger partial charge is 0.143 e. The molecule has 14 nitrogen and oxygen atoms in total. The van der Waals surface area contributed by atoms with Gasteiger partial charge in [0.05, 0.1) is 103 Å². The normalized spacial score (nSPS) is 19.6. The Morgan fingerprint density at radius 1 is 0.488 bits per heavy atom. The predicted octanol–water partition coefficient (Wildman–Crippen LogP) is 7.83. The quantitative estimate of drug-likeness (QED) is 0.129. The van der Waals surface area contributed by atoms with Crippen LogP contribution in [0.4, 0.5) is 22.7 Å². The highest BCUT2D eigenvalue weighted by Gasteiger charge is 2.35. The molecular weight excluding hydrogens is 1030 g/mol. The highest BCUT2D eigenvalue weighted by molar-refractivity contribution is 5.90. The van der Waals surface area contributed by atoms with Gasteiger partial charge in [-0.25, -0.2) is 0 Å². The van der Waals surface area contributed by atoms with Crippen LogP contribution in [0.5, 0.6) is 28.7 Å². The Balaban J connectivity index is 0.989. The standard InChI is InChI=1S/C68H87N5O9/c1-48-15-18-58-61(43-48)79-35-29-72(30-36-80-62-44-49(2)16-19-59(62)71-27-33-77-40-38-75-31-25-70(58)26-32-76-39-41-78-34-28-71)60-20-17-52(47-63(60)81-42-37-74-3)65-56-45-51-11-5-21-69-22-6-13-54(64(51)50-9-4-10-50)67(56)82-68-55-14-8-24-73-23-7-12-53(66(55)73)46-57(65)68/h15-20,43-47,69H,4-14,21-42H2,1-3H3/p+1. The minimum absolute atomic E-state index is 0.395. The van der Waals surface area contributed by atoms with Gasteiger partial charge in [0.25, 0.3) is 0 Å². The minimum atomic E-state index is 0.395. The molecule has 8 aliphatic rings. The van der Waals surface area contributed by atoms with Crippen molar-refractivity contribution in [3.05, 3.63) is 122 Å². The summed E-state index contributed by atoms with van der Waals surface area (Å²) >= 11 is 0. The molecule has 13 rings (SSSR count). The average molecular weight is 1120 g/mol. The number of fused-ring (bicyclic) bond motifs is 26. The summed E-state index contributed by atoms with van der Waals surface area (Å²) in [5.74, 6) is 4.60. The molecule has 438 valence electrons. The topological polar surface area (TPSA) is 113 Å². The van der Waals surface area contributed by atoms with Crippen molar-refractivity contribution in [2.75, 3.05) is 171 Å². The first-order valence-corrected chi connectivity index (χ1v) is 31.1. The summed E-state index contributed by atoms with van der Waals surface area (Å²) in [5.41, 5.74) is 17.7. The van der Waals surface area contributed by atoms with E-state index in [0.717, 1.165) is 134 Å². The Hall–Kier alpha value is -6.00. The van der Waals surface area contributed by atoms with Gasteiger partial charge in [-0.05, 0) is 153 Å². The number of methoxy groups -OCH3 is 1. The average Bonchev–Trinajstić information content (AvgIpc) is 1.87. The summed E-state index contributed by atoms with van der Waals surface area (Å²) in [5, 5.41) is 5.27. The van der Waals surface area contributed by atoms with Crippen LogP contribution in [0.2, 0.25) is 0 Å². The lowest BCUT2D eigenvalue weighted by Crippen LogP contribution is -2.84. The first-order chi connectivity index (χ1) is 40.5. The molecule has 2 N–H and O–H groups in total. The fourth-order valence-electron chi connectivity index (χ4n) is 13.5. The van der Waals surface area contributed by atoms with Crippen molar-refractivity contribution in [1.82, 2.24) is 0 Å². The first-order valence-electron chi connectivity index (χ1n) is 31.1. The Morgan fingerprint density at radius 2 is 1.06 bits per heavy atom. The van der Waals surface area contributed by atoms with Gasteiger partial charge in [0.1, 0.15) is 48.6 Å². The Labute approximate surface area is 486 Å². The predicted molar refractivity (Wildman–Crippen MR) is 325 cm³/mol. The summed E-state index contributed by atoms with van der Waals surface area (Å²) in [7, 11) is 1.74. The third-order valence-corrected chi connectivity index (χ3v) is 17.7. The second kappa shape index (κ2) is 27.1. The van der Waals surface area contributed by atoms with Gasteiger partial charge in [0, 0.05) is 92.4 Å². The van der Waals surface area contributed by atoms with E-state index in [1.165, 1.54) is 75.2 Å². The van der Waals surface area contributed by atoms with E-state index in [4.69, 9.17) is 42.6 Å². The molecule has 4 bridgehead atoms. The number of benzene rings is 5. The molecule has 1 aliphatic carbocycles. The number of anilines is 4. The van der Waals surface area contributed by atoms with Crippen molar-refractivity contribution < 1.29 is 47.9 Å². The highest BCUT2D eigenvalue weighted by Crippen LogP contribution is 2.49. The number of quaternary nitrogens is 1. The van der Waals surface area contributed by atoms with Gasteiger partial charge in [-0.15, -0.1) is 0 Å². The molecule has 0 unspecified atom stereocenters. The molecule has 0 atom stereocenters. The van der Waals surface area contributed by atoms with Crippen LogP contribution >= 0.6 is 0 Å². The van der Waals surface area contributed by atoms with E-state index in [1.54, 1.807) is 12.7 Å². The maximum absolute atomic E-state index is 7.63. The third-order valence-electron chi connectivity index (χ3n) is 17.7. The number of ether oxygens (including phenoxy) is 9. The van der Waals surface area contributed by atoms with Crippen molar-refractivity contribution >= 4 is 33.9 Å². The van der Waals surface area contributed by atoms with Crippen LogP contribution < -0.4 is 54.3 Å². The monoisotopic (exact) mass is 1120 g/mol. The highest BCUT2D eigenvalue weighted by atomic mass is 16.5. The zero-order valence-corrected chi connectivity index (χ0v) is 49.2. The molecule has 14 heteroatoms. The molecule has 2 fully saturated rings. The number of aryl methyl sites for hydroxylation is 4. The van der Waals surface area contributed by atoms with E-state index in [-0.39, 0.29) is 0 Å². The Bertz CT molecular complexity index is 3060. The fraction of sp³-hybridized carbons (Fsp3) is 0.529. The van der Waals surface area contributed by atoms with Crippen LogP contribution in [-0.4, -0.2) is 152 Å². The van der Waals surface area contributed by atoms with Crippen LogP contribution in [0.15, 0.2) is 66.7 Å². The minimum Gasteiger partial charge on any atom is -0.490 e. The molecule has 0 radical (unpaired) electrons. The van der Waals surface area contributed by atoms with Crippen molar-refractivity contribution in [2.45, 2.75) is 84.5 Å². The van der Waals surface area contributed by atoms with Crippen LogP contribution in [0.3, 0.4) is 0 Å². The molecular formula is C68H88N5O9+. The van der Waals surface area contributed by atoms with Crippen molar-refractivity contribution in [1.29, 1.82) is 0 Å². The van der Waals surface area contributed by atoms with Crippen LogP contribution in [0.1, 0.15) is 89.5 Å². The molecule has 1 saturated heterocycles. The SMILES string of the molecule is COCCOc1cc(C2=c3cc4c(=C5CCC5)c(c3Oc3c2cc2c5c3CCCN5CCC2)CCC[NH2+]CCC4)ccc1N1CCOc2cc(C)ccc2N2CCOCCOCCN(CCOCCOCC2)c2ccc(C)cc2OCC1. The van der Waals surface area contributed by atoms with Gasteiger partial charge >= 0.3 is 0 Å². The lowest BCUT2D eigenvalue weighted by molar-refractivity contribution is -0.655. The van der Waals surface area contributed by atoms with E-state index in [0.29, 0.717) is 119 Å². The molecule has 7 aliphatic heterocycles. The summed E-state index contributed by atoms with van der Waals surface area (Å²) < 4.78 is 59.1. The zero-order valence-electron chi connectivity index (χ0n) is 49.2. The van der Waals surface area contributed by atoms with Gasteiger partial charge < -0.3 is 67.5 Å². The molecule has 0 amide bonds. The van der Waals surface area contributed by atoms with Gasteiger partial charge in [-0.2, -0.15) is 0 Å². The summed E-state index contributed by atoms with van der Waals surface area (Å²) in [6, 6.07) is 25.0. The zero-order chi connectivity index (χ0) is 55.6. The molecule has 5 aromatic rings. The van der Waals surface area contributed by atoms with Gasteiger partial charge in [0.2, 0.25) is 0 Å². The van der Waals surface area contributed by atoms with Crippen molar-refractivity contribution in [3.8, 4) is 28.7 Å². The van der Waals surface area contributed by atoms with E-state index >= 15 is 0 Å². The number of nitrogens with zero attached hydrogens (tertiary/aromatic N) is 4. The van der Waals surface area contributed by atoms with E-state index in [9.17, 15) is 0 Å². The number of hydrogen-bond acceptors (Lipinski definition) is 13. The van der Waals surface area contributed by atoms with E-state index in [1.807, 2.05) is 0 Å². The first kappa shape index (κ1) is 56.5. The summed E-state index contributed by atoms with van der Waals surface area (Å²) in [6.07, 6.45) is 12.4. The van der Waals surface area contributed by atoms with Crippen LogP contribution in [0, 0.1) is 13.8 Å². The molecule has 0 aromatic heterocycles. The van der Waals surface area contributed by atoms with Crippen molar-refractivity contribution in [3.63, 3.8) is 0 Å². The van der Waals surface area contributed by atoms with Gasteiger partial charge in [0.15, 0.2) is 0 Å². The van der Waals surface area contributed by atoms with Gasteiger partial charge in [-0.1, -0.05) is 23.8 Å². The van der Waals surface area contributed by atoms with Gasteiger partial charge in [-0.3, -0.25) is 0 Å². The summed E-state index contributed by atoms with van der Waals surface area (Å²) in [6.45, 7) is 18.5. The summed E-state index contributed by atoms with van der Waals surface area (Å²) in [4.78, 5) is 9.68. The lowest BCUT2D eigenvalue weighted by atomic mass is 9.81. The second-order valence-corrected chi connectivity index (χ2v) is 23.3. The van der Waals surface area contributed by atoms with Crippen molar-refractivity contribution in [2.24, 2.45) is 0 Å². The largest absolute Gasteiger partial charge is 0.490 e. The Kier molecular flexibility index (Phi) is 18.7. The molecule has 7 heterocycles. The second-order valence-electron chi connectivity index (χ2n) is 23.3. The Morgan fingerprint density at radius 3 is 1.68 bits per heavy atom. The fourth-order valence-corrected chi connectivity index (χ4v) is 13.5. The number of hydrogen-bond donors (Lipinski definition) is 1. The molecule has 0 spiro atoms. The lowest BCUT2D eigenvalue weighted by Gasteiger charge is -2.39.